The van der Waals surface area contributed by atoms with E-state index in [0.717, 1.165) is 47.1 Å². The highest BCUT2D eigenvalue weighted by molar-refractivity contribution is 8.18. The molecule has 1 fully saturated rings. The molecule has 0 aliphatic carbocycles. The van der Waals surface area contributed by atoms with Gasteiger partial charge in [0, 0.05) is 13.1 Å². The lowest BCUT2D eigenvalue weighted by molar-refractivity contribution is -0.136. The molecule has 2 aliphatic rings. The molecule has 2 aliphatic heterocycles. The fourth-order valence-corrected chi connectivity index (χ4v) is 4.90. The zero-order valence-corrected chi connectivity index (χ0v) is 20.9. The monoisotopic (exact) mass is 494 g/mol. The van der Waals surface area contributed by atoms with Gasteiger partial charge >= 0.3 is 0 Å². The molecule has 7 nitrogen and oxygen atoms in total. The summed E-state index contributed by atoms with van der Waals surface area (Å²) in [6.45, 7) is 5.90. The Morgan fingerprint density at radius 3 is 2.63 bits per heavy atom. The van der Waals surface area contributed by atoms with Crippen molar-refractivity contribution >= 4 is 34.9 Å². The van der Waals surface area contributed by atoms with Crippen LogP contribution >= 0.6 is 11.8 Å². The van der Waals surface area contributed by atoms with Gasteiger partial charge in [-0.2, -0.15) is 0 Å². The van der Waals surface area contributed by atoms with Gasteiger partial charge in [-0.15, -0.1) is 0 Å². The molecule has 0 atom stereocenters. The van der Waals surface area contributed by atoms with Gasteiger partial charge in [0.05, 0.1) is 18.1 Å². The molecule has 184 valence electrons. The number of unbranched alkanes of at least 4 members (excludes halogenated alkanes) is 1. The van der Waals surface area contributed by atoms with Gasteiger partial charge in [0.2, 0.25) is 5.91 Å². The van der Waals surface area contributed by atoms with Crippen LogP contribution in [0.25, 0.3) is 6.08 Å². The van der Waals surface area contributed by atoms with Gasteiger partial charge in [-0.1, -0.05) is 43.7 Å². The van der Waals surface area contributed by atoms with Crippen LogP contribution in [-0.2, 0) is 22.6 Å². The molecular formula is C27H30N2O5S. The lowest BCUT2D eigenvalue weighted by Gasteiger charge is -2.29. The number of rotatable bonds is 9. The van der Waals surface area contributed by atoms with Crippen molar-refractivity contribution in [2.24, 2.45) is 0 Å². The minimum Gasteiger partial charge on any atom is -0.490 e. The van der Waals surface area contributed by atoms with Crippen molar-refractivity contribution in [3.05, 3.63) is 64.1 Å². The lowest BCUT2D eigenvalue weighted by atomic mass is 10.00. The zero-order valence-electron chi connectivity index (χ0n) is 20.1. The number of hydrogen-bond donors (Lipinski definition) is 0. The van der Waals surface area contributed by atoms with E-state index >= 15 is 0 Å². The largest absolute Gasteiger partial charge is 0.490 e. The Morgan fingerprint density at radius 2 is 1.86 bits per heavy atom. The third-order valence-electron chi connectivity index (χ3n) is 5.97. The number of ether oxygens (including phenoxy) is 2. The van der Waals surface area contributed by atoms with E-state index in [1.54, 1.807) is 17.0 Å². The molecule has 8 heteroatoms. The summed E-state index contributed by atoms with van der Waals surface area (Å²) >= 11 is 0.850. The van der Waals surface area contributed by atoms with Gasteiger partial charge in [0.1, 0.15) is 6.54 Å². The van der Waals surface area contributed by atoms with Crippen molar-refractivity contribution in [1.29, 1.82) is 0 Å². The number of carbonyl (C=O) groups is 3. The Morgan fingerprint density at radius 1 is 1.06 bits per heavy atom. The molecule has 0 aromatic heterocycles. The van der Waals surface area contributed by atoms with E-state index in [4.69, 9.17) is 9.47 Å². The van der Waals surface area contributed by atoms with Crippen LogP contribution in [0.3, 0.4) is 0 Å². The van der Waals surface area contributed by atoms with E-state index in [1.807, 2.05) is 37.3 Å². The van der Waals surface area contributed by atoms with E-state index in [9.17, 15) is 14.4 Å². The Balaban J connectivity index is 1.44. The highest BCUT2D eigenvalue weighted by Crippen LogP contribution is 2.35. The summed E-state index contributed by atoms with van der Waals surface area (Å²) in [5.41, 5.74) is 3.06. The van der Waals surface area contributed by atoms with Gasteiger partial charge in [-0.3, -0.25) is 19.3 Å². The molecule has 0 N–H and O–H groups in total. The lowest BCUT2D eigenvalue weighted by Crippen LogP contribution is -2.44. The highest BCUT2D eigenvalue weighted by atomic mass is 32.2. The van der Waals surface area contributed by atoms with Crippen LogP contribution in [-0.4, -0.2) is 53.2 Å². The van der Waals surface area contributed by atoms with Crippen molar-refractivity contribution in [3.8, 4) is 11.5 Å². The first-order valence-corrected chi connectivity index (χ1v) is 12.8. The first-order valence-electron chi connectivity index (χ1n) is 12.0. The predicted octanol–water partition coefficient (Wildman–Crippen LogP) is 4.89. The van der Waals surface area contributed by atoms with Crippen LogP contribution in [0.5, 0.6) is 11.5 Å². The number of carbonyl (C=O) groups excluding carboxylic acids is 3. The molecule has 0 unspecified atom stereocenters. The average Bonchev–Trinajstić information content (AvgIpc) is 3.12. The summed E-state index contributed by atoms with van der Waals surface area (Å²) in [5, 5.41) is -0.434. The standard InChI is InChI=1S/C27H30N2O5S/c1-3-5-14-34-22-11-10-19(15-23(22)33-4-2)16-24-26(31)29(27(32)35-24)18-25(30)28-13-12-20-8-6-7-9-21(20)17-28/h6-11,15-16H,3-5,12-14,17-18H2,1-2H3/b24-16-. The van der Waals surface area contributed by atoms with Crippen LogP contribution in [0.4, 0.5) is 4.79 Å². The van der Waals surface area contributed by atoms with Crippen molar-refractivity contribution in [2.45, 2.75) is 39.7 Å². The van der Waals surface area contributed by atoms with Crippen LogP contribution in [0.15, 0.2) is 47.4 Å². The molecular weight excluding hydrogens is 464 g/mol. The van der Waals surface area contributed by atoms with Gasteiger partial charge in [0.25, 0.3) is 11.1 Å². The SMILES string of the molecule is CCCCOc1ccc(/C=C2\SC(=O)N(CC(=O)N3CCc4ccccc4C3)C2=O)cc1OCC. The number of fused-ring (bicyclic) bond motifs is 1. The molecule has 0 bridgehead atoms. The summed E-state index contributed by atoms with van der Waals surface area (Å²) in [6, 6.07) is 13.5. The molecule has 0 radical (unpaired) electrons. The van der Waals surface area contributed by atoms with E-state index in [1.165, 1.54) is 5.56 Å². The topological polar surface area (TPSA) is 76.2 Å². The molecule has 0 spiro atoms. The Bertz CT molecular complexity index is 1150. The van der Waals surface area contributed by atoms with Gasteiger partial charge in [0.15, 0.2) is 11.5 Å². The van der Waals surface area contributed by atoms with Crippen molar-refractivity contribution in [1.82, 2.24) is 9.80 Å². The fourth-order valence-electron chi connectivity index (χ4n) is 4.06. The quantitative estimate of drug-likeness (QED) is 0.365. The molecule has 4 rings (SSSR count). The highest BCUT2D eigenvalue weighted by Gasteiger charge is 2.37. The van der Waals surface area contributed by atoms with Crippen LogP contribution < -0.4 is 9.47 Å². The number of benzene rings is 2. The molecule has 1 saturated heterocycles. The first kappa shape index (κ1) is 24.9. The number of amides is 3. The summed E-state index contributed by atoms with van der Waals surface area (Å²) < 4.78 is 11.5. The van der Waals surface area contributed by atoms with Gasteiger partial charge in [-0.05, 0) is 66.4 Å². The molecule has 2 heterocycles. The second kappa shape index (κ2) is 11.4. The third kappa shape index (κ3) is 5.88. The number of imide groups is 1. The number of hydrogen-bond acceptors (Lipinski definition) is 6. The molecule has 3 amide bonds. The van der Waals surface area contributed by atoms with E-state index in [-0.39, 0.29) is 17.4 Å². The van der Waals surface area contributed by atoms with Crippen molar-refractivity contribution in [2.75, 3.05) is 26.3 Å². The summed E-state index contributed by atoms with van der Waals surface area (Å²) in [5.74, 6) is 0.568. The average molecular weight is 495 g/mol. The molecule has 35 heavy (non-hydrogen) atoms. The predicted molar refractivity (Wildman–Crippen MR) is 136 cm³/mol. The second-order valence-corrected chi connectivity index (χ2v) is 9.44. The zero-order chi connectivity index (χ0) is 24.8. The van der Waals surface area contributed by atoms with Crippen LogP contribution in [0, 0.1) is 0 Å². The summed E-state index contributed by atoms with van der Waals surface area (Å²) in [6.07, 6.45) is 4.41. The minimum absolute atomic E-state index is 0.227. The molecule has 2 aromatic rings. The maximum atomic E-state index is 13.0. The van der Waals surface area contributed by atoms with Crippen molar-refractivity contribution < 1.29 is 23.9 Å². The van der Waals surface area contributed by atoms with Crippen molar-refractivity contribution in [3.63, 3.8) is 0 Å². The third-order valence-corrected chi connectivity index (χ3v) is 6.88. The normalized spacial score (nSPS) is 16.6. The Labute approximate surface area is 210 Å². The fraction of sp³-hybridized carbons (Fsp3) is 0.370. The number of nitrogens with zero attached hydrogens (tertiary/aromatic N) is 2. The second-order valence-electron chi connectivity index (χ2n) is 8.44. The van der Waals surface area contributed by atoms with E-state index < -0.39 is 11.1 Å². The van der Waals surface area contributed by atoms with Gasteiger partial charge in [-0.25, -0.2) is 0 Å². The molecule has 0 saturated carbocycles. The van der Waals surface area contributed by atoms with Crippen LogP contribution in [0.1, 0.15) is 43.4 Å². The van der Waals surface area contributed by atoms with Gasteiger partial charge < -0.3 is 14.4 Å². The maximum Gasteiger partial charge on any atom is 0.294 e. The number of thioether (sulfide) groups is 1. The summed E-state index contributed by atoms with van der Waals surface area (Å²) in [7, 11) is 0. The summed E-state index contributed by atoms with van der Waals surface area (Å²) in [4.78, 5) is 41.5. The smallest absolute Gasteiger partial charge is 0.294 e. The molecule has 2 aromatic carbocycles. The van der Waals surface area contributed by atoms with E-state index in [2.05, 4.69) is 13.0 Å². The van der Waals surface area contributed by atoms with Crippen LogP contribution in [0.2, 0.25) is 0 Å². The Hall–Kier alpha value is -3.26. The first-order chi connectivity index (χ1) is 17.0. The van der Waals surface area contributed by atoms with E-state index in [0.29, 0.717) is 37.8 Å². The maximum absolute atomic E-state index is 13.0. The minimum atomic E-state index is -0.452. The Kier molecular flexibility index (Phi) is 8.13.